The molecule has 8 heteroatoms. The lowest BCUT2D eigenvalue weighted by Crippen LogP contribution is -2.15. The van der Waals surface area contributed by atoms with Crippen LogP contribution in [-0.2, 0) is 10.5 Å². The summed E-state index contributed by atoms with van der Waals surface area (Å²) in [7, 11) is 1.43. The SMILES string of the molecule is COc1ccc([N+](=O)[O-])cc1NC(=O)CSCc1ccccc1Cl. The minimum absolute atomic E-state index is 0.116. The number of hydrogen-bond acceptors (Lipinski definition) is 5. The zero-order valence-electron chi connectivity index (χ0n) is 12.8. The summed E-state index contributed by atoms with van der Waals surface area (Å²) in [5.74, 6) is 0.881. The quantitative estimate of drug-likeness (QED) is 0.588. The van der Waals surface area contributed by atoms with Crippen molar-refractivity contribution in [3.05, 3.63) is 63.2 Å². The third-order valence-electron chi connectivity index (χ3n) is 3.12. The van der Waals surface area contributed by atoms with Crippen LogP contribution in [0.25, 0.3) is 0 Å². The van der Waals surface area contributed by atoms with Crippen LogP contribution < -0.4 is 10.1 Å². The molecule has 2 aromatic carbocycles. The predicted octanol–water partition coefficient (Wildman–Crippen LogP) is 4.13. The van der Waals surface area contributed by atoms with Crippen molar-refractivity contribution in [1.82, 2.24) is 0 Å². The molecule has 2 rings (SSSR count). The van der Waals surface area contributed by atoms with Gasteiger partial charge in [-0.1, -0.05) is 29.8 Å². The number of nitrogens with one attached hydrogen (secondary N) is 1. The Morgan fingerprint density at radius 1 is 1.33 bits per heavy atom. The van der Waals surface area contributed by atoms with Gasteiger partial charge in [0.2, 0.25) is 5.91 Å². The van der Waals surface area contributed by atoms with Crippen molar-refractivity contribution < 1.29 is 14.5 Å². The molecule has 0 aliphatic heterocycles. The topological polar surface area (TPSA) is 81.5 Å². The fraction of sp³-hybridized carbons (Fsp3) is 0.188. The van der Waals surface area contributed by atoms with E-state index < -0.39 is 4.92 Å². The van der Waals surface area contributed by atoms with Crippen molar-refractivity contribution >= 4 is 40.6 Å². The first-order valence-corrected chi connectivity index (χ1v) is 8.48. The first-order chi connectivity index (χ1) is 11.5. The van der Waals surface area contributed by atoms with Crippen LogP contribution in [0.1, 0.15) is 5.56 Å². The Labute approximate surface area is 148 Å². The van der Waals surface area contributed by atoms with E-state index in [1.54, 1.807) is 6.07 Å². The summed E-state index contributed by atoms with van der Waals surface area (Å²) >= 11 is 7.46. The van der Waals surface area contributed by atoms with Gasteiger partial charge < -0.3 is 10.1 Å². The molecule has 0 aliphatic carbocycles. The molecule has 2 aromatic rings. The number of amides is 1. The van der Waals surface area contributed by atoms with E-state index in [1.807, 2.05) is 18.2 Å². The van der Waals surface area contributed by atoms with Gasteiger partial charge in [-0.3, -0.25) is 14.9 Å². The molecule has 0 fully saturated rings. The van der Waals surface area contributed by atoms with Crippen LogP contribution >= 0.6 is 23.4 Å². The monoisotopic (exact) mass is 366 g/mol. The number of nitrogens with zero attached hydrogens (tertiary/aromatic N) is 1. The van der Waals surface area contributed by atoms with E-state index in [2.05, 4.69) is 5.32 Å². The highest BCUT2D eigenvalue weighted by Gasteiger charge is 2.13. The second-order valence-electron chi connectivity index (χ2n) is 4.77. The lowest BCUT2D eigenvalue weighted by molar-refractivity contribution is -0.384. The molecule has 0 bridgehead atoms. The molecule has 0 unspecified atom stereocenters. The maximum absolute atomic E-state index is 12.0. The van der Waals surface area contributed by atoms with Crippen molar-refractivity contribution in [2.24, 2.45) is 0 Å². The van der Waals surface area contributed by atoms with Gasteiger partial charge in [-0.05, 0) is 17.7 Å². The van der Waals surface area contributed by atoms with Crippen molar-refractivity contribution in [2.75, 3.05) is 18.2 Å². The number of rotatable bonds is 7. The van der Waals surface area contributed by atoms with E-state index in [9.17, 15) is 14.9 Å². The maximum Gasteiger partial charge on any atom is 0.271 e. The molecule has 0 saturated heterocycles. The van der Waals surface area contributed by atoms with Crippen molar-refractivity contribution in [2.45, 2.75) is 5.75 Å². The number of nitro benzene ring substituents is 1. The number of benzene rings is 2. The highest BCUT2D eigenvalue weighted by Crippen LogP contribution is 2.29. The molecular formula is C16H15ClN2O4S. The summed E-state index contributed by atoms with van der Waals surface area (Å²) in [6.07, 6.45) is 0. The van der Waals surface area contributed by atoms with Crippen molar-refractivity contribution in [3.8, 4) is 5.75 Å². The predicted molar refractivity (Wildman–Crippen MR) is 95.9 cm³/mol. The third-order valence-corrected chi connectivity index (χ3v) is 4.47. The number of halogens is 1. The average Bonchev–Trinajstić information content (AvgIpc) is 2.56. The van der Waals surface area contributed by atoms with Gasteiger partial charge in [0.1, 0.15) is 5.75 Å². The average molecular weight is 367 g/mol. The number of carbonyl (C=O) groups excluding carboxylic acids is 1. The largest absolute Gasteiger partial charge is 0.495 e. The molecule has 24 heavy (non-hydrogen) atoms. The van der Waals surface area contributed by atoms with E-state index in [4.69, 9.17) is 16.3 Å². The van der Waals surface area contributed by atoms with Gasteiger partial charge in [0.05, 0.1) is 23.5 Å². The molecule has 0 heterocycles. The summed E-state index contributed by atoms with van der Waals surface area (Å²) in [5, 5.41) is 14.1. The van der Waals surface area contributed by atoms with Gasteiger partial charge in [0.15, 0.2) is 0 Å². The number of carbonyl (C=O) groups is 1. The van der Waals surface area contributed by atoms with E-state index in [-0.39, 0.29) is 23.0 Å². The Balaban J connectivity index is 1.95. The summed E-state index contributed by atoms with van der Waals surface area (Å²) in [5.41, 5.74) is 1.11. The van der Waals surface area contributed by atoms with Gasteiger partial charge in [-0.2, -0.15) is 0 Å². The van der Waals surface area contributed by atoms with Crippen LogP contribution in [0.4, 0.5) is 11.4 Å². The van der Waals surface area contributed by atoms with Crippen molar-refractivity contribution in [1.29, 1.82) is 0 Å². The van der Waals surface area contributed by atoms with Crippen LogP contribution in [-0.4, -0.2) is 23.7 Å². The van der Waals surface area contributed by atoms with Gasteiger partial charge in [-0.15, -0.1) is 11.8 Å². The van der Waals surface area contributed by atoms with Gasteiger partial charge in [-0.25, -0.2) is 0 Å². The Bertz CT molecular complexity index is 755. The molecule has 0 atom stereocenters. The lowest BCUT2D eigenvalue weighted by atomic mass is 10.2. The number of methoxy groups -OCH3 is 1. The molecule has 0 spiro atoms. The summed E-state index contributed by atoms with van der Waals surface area (Å²) in [6, 6.07) is 11.5. The number of thioether (sulfide) groups is 1. The van der Waals surface area contributed by atoms with Crippen LogP contribution in [0.15, 0.2) is 42.5 Å². The Kier molecular flexibility index (Phi) is 6.45. The Morgan fingerprint density at radius 3 is 2.75 bits per heavy atom. The first kappa shape index (κ1) is 18.1. The number of anilines is 1. The number of non-ortho nitro benzene ring substituents is 1. The Morgan fingerprint density at radius 2 is 2.08 bits per heavy atom. The smallest absolute Gasteiger partial charge is 0.271 e. The molecule has 1 N–H and O–H groups in total. The highest BCUT2D eigenvalue weighted by atomic mass is 35.5. The summed E-state index contributed by atoms with van der Waals surface area (Å²) in [6.45, 7) is 0. The van der Waals surface area contributed by atoms with Crippen LogP contribution in [0.3, 0.4) is 0 Å². The number of nitro groups is 1. The minimum atomic E-state index is -0.527. The minimum Gasteiger partial charge on any atom is -0.495 e. The molecule has 6 nitrogen and oxygen atoms in total. The van der Waals surface area contributed by atoms with Crippen LogP contribution in [0.5, 0.6) is 5.75 Å². The van der Waals surface area contributed by atoms with Gasteiger partial charge in [0, 0.05) is 22.9 Å². The van der Waals surface area contributed by atoms with Gasteiger partial charge in [0.25, 0.3) is 5.69 Å². The first-order valence-electron chi connectivity index (χ1n) is 6.94. The van der Waals surface area contributed by atoms with E-state index in [0.29, 0.717) is 16.5 Å². The highest BCUT2D eigenvalue weighted by molar-refractivity contribution is 7.99. The molecule has 0 aromatic heterocycles. The number of ether oxygens (including phenoxy) is 1. The van der Waals surface area contributed by atoms with Crippen LogP contribution in [0, 0.1) is 10.1 Å². The van der Waals surface area contributed by atoms with E-state index in [0.717, 1.165) is 5.56 Å². The molecule has 0 saturated carbocycles. The molecular weight excluding hydrogens is 352 g/mol. The number of hydrogen-bond donors (Lipinski definition) is 1. The normalized spacial score (nSPS) is 10.2. The Hall–Kier alpha value is -2.25. The molecule has 1 amide bonds. The zero-order chi connectivity index (χ0) is 17.5. The zero-order valence-corrected chi connectivity index (χ0v) is 14.4. The molecule has 0 aliphatic rings. The lowest BCUT2D eigenvalue weighted by Gasteiger charge is -2.10. The van der Waals surface area contributed by atoms with E-state index >= 15 is 0 Å². The summed E-state index contributed by atoms with van der Waals surface area (Å²) in [4.78, 5) is 22.4. The second kappa shape index (κ2) is 8.56. The fourth-order valence-corrected chi connectivity index (χ4v) is 3.08. The van der Waals surface area contributed by atoms with Crippen LogP contribution in [0.2, 0.25) is 5.02 Å². The fourth-order valence-electron chi connectivity index (χ4n) is 1.96. The molecule has 126 valence electrons. The van der Waals surface area contributed by atoms with E-state index in [1.165, 1.54) is 37.1 Å². The standard InChI is InChI=1S/C16H15ClN2O4S/c1-23-15-7-6-12(19(21)22)8-14(15)18-16(20)10-24-9-11-4-2-3-5-13(11)17/h2-8H,9-10H2,1H3,(H,18,20). The summed E-state index contributed by atoms with van der Waals surface area (Å²) < 4.78 is 5.11. The van der Waals surface area contributed by atoms with Gasteiger partial charge >= 0.3 is 0 Å². The van der Waals surface area contributed by atoms with Crippen molar-refractivity contribution in [3.63, 3.8) is 0 Å². The molecule has 0 radical (unpaired) electrons. The second-order valence-corrected chi connectivity index (χ2v) is 6.17. The third kappa shape index (κ3) is 4.87. The maximum atomic E-state index is 12.0.